The van der Waals surface area contributed by atoms with E-state index in [1.54, 1.807) is 12.1 Å². The summed E-state index contributed by atoms with van der Waals surface area (Å²) in [5, 5.41) is 3.02. The average molecular weight is 415 g/mol. The smallest absolute Gasteiger partial charge is 0.252 e. The Morgan fingerprint density at radius 3 is 2.31 bits per heavy atom. The van der Waals surface area contributed by atoms with E-state index in [0.29, 0.717) is 18.7 Å². The van der Waals surface area contributed by atoms with Crippen LogP contribution in [-0.4, -0.2) is 31.7 Å². The van der Waals surface area contributed by atoms with E-state index in [2.05, 4.69) is 11.4 Å². The largest absolute Gasteiger partial charge is 0.345 e. The number of hydrogen-bond acceptors (Lipinski definition) is 3. The normalized spacial score (nSPS) is 16.4. The first-order valence-corrected chi connectivity index (χ1v) is 11.6. The van der Waals surface area contributed by atoms with Crippen molar-refractivity contribution >= 4 is 15.9 Å². The van der Waals surface area contributed by atoms with Crippen LogP contribution >= 0.6 is 0 Å². The van der Waals surface area contributed by atoms with E-state index in [9.17, 15) is 13.2 Å². The SMILES string of the molecule is Cc1ccc(C(C)NC(=O)c2cc(S(=O)(=O)N3CCCCC3)ccc2C)c(C)c1. The van der Waals surface area contributed by atoms with E-state index in [1.807, 2.05) is 39.8 Å². The lowest BCUT2D eigenvalue weighted by atomic mass is 9.99. The quantitative estimate of drug-likeness (QED) is 0.794. The summed E-state index contributed by atoms with van der Waals surface area (Å²) in [5.74, 6) is -0.259. The van der Waals surface area contributed by atoms with Gasteiger partial charge in [-0.15, -0.1) is 0 Å². The zero-order valence-electron chi connectivity index (χ0n) is 17.7. The number of amides is 1. The van der Waals surface area contributed by atoms with Gasteiger partial charge in [0.2, 0.25) is 10.0 Å². The molecular weight excluding hydrogens is 384 g/mol. The molecule has 1 unspecified atom stereocenters. The van der Waals surface area contributed by atoms with Crippen molar-refractivity contribution in [2.75, 3.05) is 13.1 Å². The standard InChI is InChI=1S/C23H30N2O3S/c1-16-8-11-21(18(3)14-16)19(4)24-23(26)22-15-20(10-9-17(22)2)29(27,28)25-12-6-5-7-13-25/h8-11,14-15,19H,5-7,12-13H2,1-4H3,(H,24,26). The lowest BCUT2D eigenvalue weighted by Crippen LogP contribution is -2.36. The minimum atomic E-state index is -3.57. The fourth-order valence-corrected chi connectivity index (χ4v) is 5.47. The number of nitrogens with zero attached hydrogens (tertiary/aromatic N) is 1. The lowest BCUT2D eigenvalue weighted by Gasteiger charge is -2.26. The molecule has 6 heteroatoms. The third kappa shape index (κ3) is 4.70. The zero-order valence-corrected chi connectivity index (χ0v) is 18.5. The van der Waals surface area contributed by atoms with Crippen molar-refractivity contribution in [2.24, 2.45) is 0 Å². The van der Waals surface area contributed by atoms with Gasteiger partial charge in [0.05, 0.1) is 10.9 Å². The lowest BCUT2D eigenvalue weighted by molar-refractivity contribution is 0.0939. The van der Waals surface area contributed by atoms with Gasteiger partial charge >= 0.3 is 0 Å². The molecule has 1 aliphatic heterocycles. The van der Waals surface area contributed by atoms with Crippen molar-refractivity contribution in [2.45, 2.75) is 57.9 Å². The maximum atomic E-state index is 13.0. The van der Waals surface area contributed by atoms with E-state index in [4.69, 9.17) is 0 Å². The van der Waals surface area contributed by atoms with Crippen LogP contribution in [-0.2, 0) is 10.0 Å². The van der Waals surface area contributed by atoms with Gasteiger partial charge in [-0.25, -0.2) is 8.42 Å². The Morgan fingerprint density at radius 2 is 1.66 bits per heavy atom. The molecule has 29 heavy (non-hydrogen) atoms. The van der Waals surface area contributed by atoms with Crippen LogP contribution in [0.2, 0.25) is 0 Å². The number of hydrogen-bond donors (Lipinski definition) is 1. The maximum Gasteiger partial charge on any atom is 0.252 e. The Labute approximate surface area is 174 Å². The van der Waals surface area contributed by atoms with E-state index < -0.39 is 10.0 Å². The summed E-state index contributed by atoms with van der Waals surface area (Å²) in [7, 11) is -3.57. The van der Waals surface area contributed by atoms with Gasteiger partial charge in [-0.3, -0.25) is 4.79 Å². The summed E-state index contributed by atoms with van der Waals surface area (Å²) in [5.41, 5.74) is 4.51. The van der Waals surface area contributed by atoms with Gasteiger partial charge in [-0.1, -0.05) is 36.2 Å². The second kappa shape index (κ2) is 8.67. The van der Waals surface area contributed by atoms with Crippen molar-refractivity contribution in [3.05, 3.63) is 64.2 Å². The second-order valence-corrected chi connectivity index (χ2v) is 9.93. The number of carbonyl (C=O) groups excluding carboxylic acids is 1. The van der Waals surface area contributed by atoms with Gasteiger partial charge in [0.15, 0.2) is 0 Å². The summed E-state index contributed by atoms with van der Waals surface area (Å²) in [6.45, 7) is 8.93. The van der Waals surface area contributed by atoms with Gasteiger partial charge in [-0.05, 0) is 69.4 Å². The zero-order chi connectivity index (χ0) is 21.2. The molecule has 3 rings (SSSR count). The number of aryl methyl sites for hydroxylation is 3. The predicted molar refractivity (Wildman–Crippen MR) is 116 cm³/mol. The van der Waals surface area contributed by atoms with Crippen LogP contribution in [0.4, 0.5) is 0 Å². The molecule has 1 atom stereocenters. The third-order valence-corrected chi connectivity index (χ3v) is 7.54. The topological polar surface area (TPSA) is 66.5 Å². The fourth-order valence-electron chi connectivity index (χ4n) is 3.92. The van der Waals surface area contributed by atoms with Crippen molar-refractivity contribution in [3.8, 4) is 0 Å². The van der Waals surface area contributed by atoms with Crippen LogP contribution in [0.1, 0.15) is 64.8 Å². The molecule has 156 valence electrons. The Hall–Kier alpha value is -2.18. The van der Waals surface area contributed by atoms with Crippen LogP contribution in [0.5, 0.6) is 0 Å². The van der Waals surface area contributed by atoms with Crippen LogP contribution in [0.15, 0.2) is 41.3 Å². The summed E-state index contributed by atoms with van der Waals surface area (Å²) >= 11 is 0. The molecule has 5 nitrogen and oxygen atoms in total. The first kappa shape index (κ1) is 21.5. The number of nitrogens with one attached hydrogen (secondary N) is 1. The number of sulfonamides is 1. The fraction of sp³-hybridized carbons (Fsp3) is 0.435. The Balaban J connectivity index is 1.84. The Bertz CT molecular complexity index is 1010. The molecule has 0 saturated carbocycles. The van der Waals surface area contributed by atoms with Crippen LogP contribution < -0.4 is 5.32 Å². The summed E-state index contributed by atoms with van der Waals surface area (Å²) in [6.07, 6.45) is 2.82. The predicted octanol–water partition coefficient (Wildman–Crippen LogP) is 4.28. The highest BCUT2D eigenvalue weighted by Gasteiger charge is 2.27. The van der Waals surface area contributed by atoms with Crippen molar-refractivity contribution in [1.82, 2.24) is 9.62 Å². The average Bonchev–Trinajstić information content (AvgIpc) is 2.68. The van der Waals surface area contributed by atoms with Gasteiger partial charge in [0.25, 0.3) is 5.91 Å². The van der Waals surface area contributed by atoms with Gasteiger partial charge < -0.3 is 5.32 Å². The molecule has 2 aromatic rings. The van der Waals surface area contributed by atoms with E-state index in [0.717, 1.165) is 36.0 Å². The van der Waals surface area contributed by atoms with Gasteiger partial charge in [0, 0.05) is 18.7 Å². The van der Waals surface area contributed by atoms with Crippen LogP contribution in [0, 0.1) is 20.8 Å². The van der Waals surface area contributed by atoms with Crippen LogP contribution in [0.3, 0.4) is 0 Å². The first-order valence-electron chi connectivity index (χ1n) is 10.2. The molecule has 1 saturated heterocycles. The van der Waals surface area contributed by atoms with Gasteiger partial charge in [-0.2, -0.15) is 4.31 Å². The number of benzene rings is 2. The molecule has 1 N–H and O–H groups in total. The Morgan fingerprint density at radius 1 is 0.966 bits per heavy atom. The molecule has 0 radical (unpaired) electrons. The summed E-state index contributed by atoms with van der Waals surface area (Å²) in [4.78, 5) is 13.2. The summed E-state index contributed by atoms with van der Waals surface area (Å²) < 4.78 is 27.5. The number of rotatable bonds is 5. The highest BCUT2D eigenvalue weighted by Crippen LogP contribution is 2.24. The van der Waals surface area contributed by atoms with Crippen molar-refractivity contribution < 1.29 is 13.2 Å². The van der Waals surface area contributed by atoms with E-state index >= 15 is 0 Å². The minimum Gasteiger partial charge on any atom is -0.345 e. The van der Waals surface area contributed by atoms with Crippen LogP contribution in [0.25, 0.3) is 0 Å². The monoisotopic (exact) mass is 414 g/mol. The van der Waals surface area contributed by atoms with Gasteiger partial charge in [0.1, 0.15) is 0 Å². The third-order valence-electron chi connectivity index (χ3n) is 5.65. The molecule has 1 heterocycles. The number of piperidine rings is 1. The molecule has 0 spiro atoms. The van der Waals surface area contributed by atoms with E-state index in [1.165, 1.54) is 15.9 Å². The molecular formula is C23H30N2O3S. The van der Waals surface area contributed by atoms with E-state index in [-0.39, 0.29) is 16.8 Å². The molecule has 2 aromatic carbocycles. The molecule has 1 fully saturated rings. The number of carbonyl (C=O) groups is 1. The molecule has 0 bridgehead atoms. The van der Waals surface area contributed by atoms with Crippen molar-refractivity contribution in [1.29, 1.82) is 0 Å². The Kier molecular flexibility index (Phi) is 6.44. The van der Waals surface area contributed by atoms with Crippen molar-refractivity contribution in [3.63, 3.8) is 0 Å². The first-order chi connectivity index (χ1) is 13.7. The minimum absolute atomic E-state index is 0.176. The summed E-state index contributed by atoms with van der Waals surface area (Å²) in [6, 6.07) is 10.8. The molecule has 0 aliphatic carbocycles. The maximum absolute atomic E-state index is 13.0. The molecule has 1 aliphatic rings. The molecule has 1 amide bonds. The second-order valence-electron chi connectivity index (χ2n) is 8.00. The highest BCUT2D eigenvalue weighted by atomic mass is 32.2. The molecule has 0 aromatic heterocycles. The highest BCUT2D eigenvalue weighted by molar-refractivity contribution is 7.89.